The first-order chi connectivity index (χ1) is 11.1. The van der Waals surface area contributed by atoms with E-state index in [1.54, 1.807) is 12.3 Å². The predicted molar refractivity (Wildman–Crippen MR) is 85.2 cm³/mol. The summed E-state index contributed by atoms with van der Waals surface area (Å²) in [7, 11) is -3.55. The number of rotatable bonds is 6. The summed E-state index contributed by atoms with van der Waals surface area (Å²) in [6.07, 6.45) is 3.14. The molecule has 1 aromatic heterocycles. The van der Waals surface area contributed by atoms with Gasteiger partial charge in [-0.1, -0.05) is 6.07 Å². The van der Waals surface area contributed by atoms with Gasteiger partial charge in [-0.05, 0) is 37.1 Å². The normalized spacial score (nSPS) is 13.7. The van der Waals surface area contributed by atoms with E-state index in [0.29, 0.717) is 37.7 Å². The highest BCUT2D eigenvalue weighted by Crippen LogP contribution is 2.32. The van der Waals surface area contributed by atoms with E-state index >= 15 is 0 Å². The van der Waals surface area contributed by atoms with E-state index in [2.05, 4.69) is 9.71 Å². The Balaban J connectivity index is 1.58. The Morgan fingerprint density at radius 2 is 1.91 bits per heavy atom. The molecule has 2 aromatic rings. The van der Waals surface area contributed by atoms with E-state index < -0.39 is 10.0 Å². The SMILES string of the molecule is O=S(=O)(NCCCc1ccccn1)c1ccc2c(c1)OCCO2. The molecule has 1 aliphatic heterocycles. The summed E-state index contributed by atoms with van der Waals surface area (Å²) in [5.41, 5.74) is 0.950. The van der Waals surface area contributed by atoms with E-state index in [1.165, 1.54) is 12.1 Å². The Hall–Kier alpha value is -2.12. The Kier molecular flexibility index (Phi) is 4.78. The number of sulfonamides is 1. The molecule has 23 heavy (non-hydrogen) atoms. The maximum Gasteiger partial charge on any atom is 0.240 e. The second kappa shape index (κ2) is 6.97. The molecule has 1 aromatic carbocycles. The number of nitrogens with zero attached hydrogens (tertiary/aromatic N) is 1. The predicted octanol–water partition coefficient (Wildman–Crippen LogP) is 1.76. The summed E-state index contributed by atoms with van der Waals surface area (Å²) in [5, 5.41) is 0. The van der Waals surface area contributed by atoms with Gasteiger partial charge in [0.25, 0.3) is 0 Å². The molecule has 1 aliphatic rings. The van der Waals surface area contributed by atoms with E-state index in [0.717, 1.165) is 12.1 Å². The van der Waals surface area contributed by atoms with Crippen LogP contribution in [0, 0.1) is 0 Å². The molecule has 0 spiro atoms. The third kappa shape index (κ3) is 4.00. The first-order valence-electron chi connectivity index (χ1n) is 7.44. The first-order valence-corrected chi connectivity index (χ1v) is 8.93. The highest BCUT2D eigenvalue weighted by Gasteiger charge is 2.18. The molecule has 7 heteroatoms. The topological polar surface area (TPSA) is 77.5 Å². The zero-order chi connectivity index (χ0) is 16.1. The van der Waals surface area contributed by atoms with Crippen LogP contribution in [0.4, 0.5) is 0 Å². The van der Waals surface area contributed by atoms with Gasteiger partial charge in [0, 0.05) is 24.5 Å². The van der Waals surface area contributed by atoms with E-state index in [9.17, 15) is 8.42 Å². The molecule has 0 bridgehead atoms. The molecule has 122 valence electrons. The molecule has 0 aliphatic carbocycles. The summed E-state index contributed by atoms with van der Waals surface area (Å²) >= 11 is 0. The van der Waals surface area contributed by atoms with Crippen LogP contribution in [0.25, 0.3) is 0 Å². The lowest BCUT2D eigenvalue weighted by atomic mass is 10.2. The number of benzene rings is 1. The average Bonchev–Trinajstić information content (AvgIpc) is 2.59. The van der Waals surface area contributed by atoms with Crippen molar-refractivity contribution in [1.29, 1.82) is 0 Å². The summed E-state index contributed by atoms with van der Waals surface area (Å²) in [6.45, 7) is 1.26. The van der Waals surface area contributed by atoms with Crippen LogP contribution in [0.3, 0.4) is 0 Å². The average molecular weight is 334 g/mol. The molecule has 0 saturated carbocycles. The number of hydrogen-bond acceptors (Lipinski definition) is 5. The lowest BCUT2D eigenvalue weighted by molar-refractivity contribution is 0.171. The Bertz CT molecular complexity index is 763. The van der Waals surface area contributed by atoms with E-state index in [-0.39, 0.29) is 4.90 Å². The fourth-order valence-corrected chi connectivity index (χ4v) is 3.39. The minimum absolute atomic E-state index is 0.180. The van der Waals surface area contributed by atoms with Crippen molar-refractivity contribution in [2.45, 2.75) is 17.7 Å². The van der Waals surface area contributed by atoms with Crippen molar-refractivity contribution < 1.29 is 17.9 Å². The van der Waals surface area contributed by atoms with E-state index in [4.69, 9.17) is 9.47 Å². The number of nitrogens with one attached hydrogen (secondary N) is 1. The monoisotopic (exact) mass is 334 g/mol. The van der Waals surface area contributed by atoms with Gasteiger partial charge in [0.1, 0.15) is 13.2 Å². The molecular formula is C16H18N2O4S. The number of ether oxygens (including phenoxy) is 2. The minimum Gasteiger partial charge on any atom is -0.486 e. The van der Waals surface area contributed by atoms with Crippen molar-refractivity contribution in [3.05, 3.63) is 48.3 Å². The van der Waals surface area contributed by atoms with Crippen LogP contribution in [0.1, 0.15) is 12.1 Å². The van der Waals surface area contributed by atoms with Gasteiger partial charge in [0.15, 0.2) is 11.5 Å². The van der Waals surface area contributed by atoms with Gasteiger partial charge >= 0.3 is 0 Å². The van der Waals surface area contributed by atoms with Crippen LogP contribution in [0.5, 0.6) is 11.5 Å². The molecule has 0 saturated heterocycles. The largest absolute Gasteiger partial charge is 0.486 e. The zero-order valence-corrected chi connectivity index (χ0v) is 13.4. The molecule has 6 nitrogen and oxygen atoms in total. The van der Waals surface area contributed by atoms with Crippen molar-refractivity contribution in [2.75, 3.05) is 19.8 Å². The molecule has 1 N–H and O–H groups in total. The summed E-state index contributed by atoms with van der Waals surface area (Å²) in [4.78, 5) is 4.39. The molecule has 3 rings (SSSR count). The van der Waals surface area contributed by atoms with Crippen molar-refractivity contribution in [2.24, 2.45) is 0 Å². The summed E-state index contributed by atoms with van der Waals surface area (Å²) < 4.78 is 38.0. The van der Waals surface area contributed by atoms with Crippen molar-refractivity contribution in [1.82, 2.24) is 9.71 Å². The van der Waals surface area contributed by atoms with Crippen LogP contribution < -0.4 is 14.2 Å². The highest BCUT2D eigenvalue weighted by atomic mass is 32.2. The number of hydrogen-bond donors (Lipinski definition) is 1. The number of pyridine rings is 1. The van der Waals surface area contributed by atoms with Crippen LogP contribution in [-0.2, 0) is 16.4 Å². The highest BCUT2D eigenvalue weighted by molar-refractivity contribution is 7.89. The quantitative estimate of drug-likeness (QED) is 0.815. The smallest absolute Gasteiger partial charge is 0.240 e. The molecular weight excluding hydrogens is 316 g/mol. The van der Waals surface area contributed by atoms with Crippen molar-refractivity contribution in [3.8, 4) is 11.5 Å². The van der Waals surface area contributed by atoms with Crippen LogP contribution >= 0.6 is 0 Å². The molecule has 0 fully saturated rings. The Morgan fingerprint density at radius 1 is 1.09 bits per heavy atom. The fraction of sp³-hybridized carbons (Fsp3) is 0.312. The van der Waals surface area contributed by atoms with Crippen LogP contribution in [0.2, 0.25) is 0 Å². The molecule has 2 heterocycles. The van der Waals surface area contributed by atoms with Gasteiger partial charge in [-0.15, -0.1) is 0 Å². The third-order valence-corrected chi connectivity index (χ3v) is 4.91. The molecule has 0 radical (unpaired) electrons. The maximum absolute atomic E-state index is 12.3. The number of aryl methyl sites for hydroxylation is 1. The lowest BCUT2D eigenvalue weighted by Crippen LogP contribution is -2.25. The second-order valence-corrected chi connectivity index (χ2v) is 6.89. The first kappa shape index (κ1) is 15.8. The standard InChI is InChI=1S/C16H18N2O4S/c19-23(20,18-9-3-5-13-4-1-2-8-17-13)14-6-7-15-16(12-14)22-11-10-21-15/h1-2,4,6-8,12,18H,3,5,9-11H2. The van der Waals surface area contributed by atoms with Gasteiger partial charge in [-0.3, -0.25) is 4.98 Å². The maximum atomic E-state index is 12.3. The van der Waals surface area contributed by atoms with Gasteiger partial charge in [-0.25, -0.2) is 13.1 Å². The van der Waals surface area contributed by atoms with Crippen molar-refractivity contribution in [3.63, 3.8) is 0 Å². The molecule has 0 atom stereocenters. The Labute approximate surface area is 135 Å². The summed E-state index contributed by atoms with van der Waals surface area (Å²) in [5.74, 6) is 1.04. The van der Waals surface area contributed by atoms with E-state index in [1.807, 2.05) is 18.2 Å². The second-order valence-electron chi connectivity index (χ2n) is 5.13. The fourth-order valence-electron chi connectivity index (χ4n) is 2.30. The van der Waals surface area contributed by atoms with Crippen LogP contribution in [0.15, 0.2) is 47.5 Å². The Morgan fingerprint density at radius 3 is 2.70 bits per heavy atom. The summed E-state index contributed by atoms with van der Waals surface area (Å²) in [6, 6.07) is 10.3. The van der Waals surface area contributed by atoms with Gasteiger partial charge in [-0.2, -0.15) is 0 Å². The van der Waals surface area contributed by atoms with Gasteiger partial charge < -0.3 is 9.47 Å². The van der Waals surface area contributed by atoms with Crippen LogP contribution in [-0.4, -0.2) is 33.2 Å². The number of fused-ring (bicyclic) bond motifs is 1. The number of aromatic nitrogens is 1. The van der Waals surface area contributed by atoms with Crippen molar-refractivity contribution >= 4 is 10.0 Å². The van der Waals surface area contributed by atoms with Gasteiger partial charge in [0.2, 0.25) is 10.0 Å². The third-order valence-electron chi connectivity index (χ3n) is 3.45. The molecule has 0 unspecified atom stereocenters. The van der Waals surface area contributed by atoms with Gasteiger partial charge in [0.05, 0.1) is 4.90 Å². The lowest BCUT2D eigenvalue weighted by Gasteiger charge is -2.18. The zero-order valence-electron chi connectivity index (χ0n) is 12.6. The minimum atomic E-state index is -3.55. The molecule has 0 amide bonds.